The molecule has 0 saturated carbocycles. The van der Waals surface area contributed by atoms with E-state index in [-0.39, 0.29) is 0 Å². The first-order valence-electron chi connectivity index (χ1n) is 6.53. The van der Waals surface area contributed by atoms with Crippen LogP contribution in [0, 0.1) is 5.92 Å². The lowest BCUT2D eigenvalue weighted by Gasteiger charge is -2.23. The molecule has 2 aromatic rings. The van der Waals surface area contributed by atoms with Gasteiger partial charge in [0.1, 0.15) is 0 Å². The summed E-state index contributed by atoms with van der Waals surface area (Å²) < 4.78 is 0. The van der Waals surface area contributed by atoms with E-state index in [1.54, 1.807) is 6.20 Å². The van der Waals surface area contributed by atoms with Gasteiger partial charge in [-0.15, -0.1) is 0 Å². The van der Waals surface area contributed by atoms with Crippen molar-refractivity contribution in [2.45, 2.75) is 33.2 Å². The smallest absolute Gasteiger partial charge is 0.0743 e. The van der Waals surface area contributed by atoms with Crippen LogP contribution in [0.1, 0.15) is 27.2 Å². The second-order valence-corrected chi connectivity index (χ2v) is 4.92. The van der Waals surface area contributed by atoms with Crippen molar-refractivity contribution in [1.29, 1.82) is 0 Å². The molecule has 2 atom stereocenters. The maximum absolute atomic E-state index is 6.05. The number of para-hydroxylation sites is 1. The number of benzene rings is 1. The van der Waals surface area contributed by atoms with Crippen molar-refractivity contribution in [2.75, 3.05) is 11.1 Å². The van der Waals surface area contributed by atoms with Crippen LogP contribution in [0.2, 0.25) is 0 Å². The van der Waals surface area contributed by atoms with Crippen molar-refractivity contribution in [3.8, 4) is 0 Å². The van der Waals surface area contributed by atoms with Gasteiger partial charge in [0.15, 0.2) is 0 Å². The maximum Gasteiger partial charge on any atom is 0.0743 e. The van der Waals surface area contributed by atoms with E-state index in [9.17, 15) is 0 Å². The Morgan fingerprint density at radius 2 is 2.00 bits per heavy atom. The van der Waals surface area contributed by atoms with Gasteiger partial charge in [0.25, 0.3) is 0 Å². The first kappa shape index (κ1) is 12.7. The van der Waals surface area contributed by atoms with E-state index in [0.717, 1.165) is 23.0 Å². The van der Waals surface area contributed by atoms with Crippen LogP contribution < -0.4 is 11.1 Å². The van der Waals surface area contributed by atoms with Crippen LogP contribution >= 0.6 is 0 Å². The summed E-state index contributed by atoms with van der Waals surface area (Å²) in [4.78, 5) is 4.35. The van der Waals surface area contributed by atoms with Crippen molar-refractivity contribution in [3.63, 3.8) is 0 Å². The summed E-state index contributed by atoms with van der Waals surface area (Å²) in [6.07, 6.45) is 2.88. The summed E-state index contributed by atoms with van der Waals surface area (Å²) in [6, 6.07) is 8.47. The molecule has 1 aromatic carbocycles. The highest BCUT2D eigenvalue weighted by molar-refractivity contribution is 5.96. The van der Waals surface area contributed by atoms with Crippen LogP contribution in [0.5, 0.6) is 0 Å². The number of nitrogens with two attached hydrogens (primary N) is 1. The average Bonchev–Trinajstić information content (AvgIpc) is 2.41. The third kappa shape index (κ3) is 2.40. The fourth-order valence-electron chi connectivity index (χ4n) is 2.04. The predicted octanol–water partition coefficient (Wildman–Crippen LogP) is 3.66. The topological polar surface area (TPSA) is 50.9 Å². The number of nitrogens with zero attached hydrogens (tertiary/aromatic N) is 1. The molecule has 3 nitrogen and oxygen atoms in total. The molecule has 0 aliphatic heterocycles. The molecule has 18 heavy (non-hydrogen) atoms. The standard InChI is InChI=1S/C15H21N3/c1-4-10(2)11(3)18-15-12-7-5-6-8-14(12)17-9-13(15)16/h5-11H,4,16H2,1-3H3,(H,17,18). The third-order valence-electron chi connectivity index (χ3n) is 3.67. The molecule has 0 aliphatic carbocycles. The van der Waals surface area contributed by atoms with Gasteiger partial charge in [-0.1, -0.05) is 38.5 Å². The number of hydrogen-bond acceptors (Lipinski definition) is 3. The van der Waals surface area contributed by atoms with Gasteiger partial charge in [0.2, 0.25) is 0 Å². The molecular formula is C15H21N3. The molecule has 3 heteroatoms. The number of pyridine rings is 1. The summed E-state index contributed by atoms with van der Waals surface area (Å²) in [5.74, 6) is 0.608. The van der Waals surface area contributed by atoms with E-state index >= 15 is 0 Å². The van der Waals surface area contributed by atoms with Crippen molar-refractivity contribution in [1.82, 2.24) is 4.98 Å². The van der Waals surface area contributed by atoms with E-state index in [2.05, 4.69) is 37.1 Å². The molecule has 2 unspecified atom stereocenters. The first-order chi connectivity index (χ1) is 8.63. The summed E-state index contributed by atoms with van der Waals surface area (Å²) in [6.45, 7) is 6.65. The van der Waals surface area contributed by atoms with Crippen LogP contribution in [0.4, 0.5) is 11.4 Å². The molecule has 3 N–H and O–H groups in total. The zero-order valence-electron chi connectivity index (χ0n) is 11.3. The second kappa shape index (κ2) is 5.25. The maximum atomic E-state index is 6.05. The number of rotatable bonds is 4. The highest BCUT2D eigenvalue weighted by Gasteiger charge is 2.13. The van der Waals surface area contributed by atoms with E-state index in [1.165, 1.54) is 0 Å². The van der Waals surface area contributed by atoms with Crippen LogP contribution in [-0.2, 0) is 0 Å². The van der Waals surface area contributed by atoms with Gasteiger partial charge in [0, 0.05) is 11.4 Å². The zero-order chi connectivity index (χ0) is 13.1. The summed E-state index contributed by atoms with van der Waals surface area (Å²) >= 11 is 0. The molecule has 2 rings (SSSR count). The largest absolute Gasteiger partial charge is 0.396 e. The summed E-state index contributed by atoms with van der Waals surface area (Å²) in [7, 11) is 0. The molecule has 1 aromatic heterocycles. The minimum absolute atomic E-state index is 0.392. The summed E-state index contributed by atoms with van der Waals surface area (Å²) in [5, 5.41) is 4.63. The SMILES string of the molecule is CCC(C)C(C)Nc1c(N)cnc2ccccc12. The van der Waals surface area contributed by atoms with E-state index < -0.39 is 0 Å². The number of nitrogens with one attached hydrogen (secondary N) is 1. The van der Waals surface area contributed by atoms with Gasteiger partial charge in [-0.2, -0.15) is 0 Å². The van der Waals surface area contributed by atoms with Crippen molar-refractivity contribution in [3.05, 3.63) is 30.5 Å². The van der Waals surface area contributed by atoms with E-state index in [0.29, 0.717) is 17.6 Å². The van der Waals surface area contributed by atoms with Crippen LogP contribution in [-0.4, -0.2) is 11.0 Å². The second-order valence-electron chi connectivity index (χ2n) is 4.92. The van der Waals surface area contributed by atoms with Gasteiger partial charge < -0.3 is 11.1 Å². The Bertz CT molecular complexity index is 536. The Kier molecular flexibility index (Phi) is 3.70. The number of aromatic nitrogens is 1. The lowest BCUT2D eigenvalue weighted by atomic mass is 10.00. The fraction of sp³-hybridized carbons (Fsp3) is 0.400. The molecule has 0 bridgehead atoms. The predicted molar refractivity (Wildman–Crippen MR) is 78.7 cm³/mol. The minimum Gasteiger partial charge on any atom is -0.396 e. The van der Waals surface area contributed by atoms with E-state index in [1.807, 2.05) is 18.2 Å². The third-order valence-corrected chi connectivity index (χ3v) is 3.67. The molecule has 1 heterocycles. The van der Waals surface area contributed by atoms with Crippen molar-refractivity contribution < 1.29 is 0 Å². The number of hydrogen-bond donors (Lipinski definition) is 2. The molecule has 0 saturated heterocycles. The van der Waals surface area contributed by atoms with Crippen LogP contribution in [0.15, 0.2) is 30.5 Å². The van der Waals surface area contributed by atoms with Crippen molar-refractivity contribution in [2.24, 2.45) is 5.92 Å². The van der Waals surface area contributed by atoms with Gasteiger partial charge in [-0.3, -0.25) is 4.98 Å². The first-order valence-corrected chi connectivity index (χ1v) is 6.53. The highest BCUT2D eigenvalue weighted by Crippen LogP contribution is 2.29. The van der Waals surface area contributed by atoms with Gasteiger partial charge in [-0.25, -0.2) is 0 Å². The molecule has 0 aliphatic rings. The number of nitrogen functional groups attached to an aromatic ring is 1. The molecule has 0 amide bonds. The molecule has 96 valence electrons. The van der Waals surface area contributed by atoms with Crippen LogP contribution in [0.3, 0.4) is 0 Å². The Morgan fingerprint density at radius 1 is 1.28 bits per heavy atom. The minimum atomic E-state index is 0.392. The normalized spacial score (nSPS) is 14.4. The monoisotopic (exact) mass is 243 g/mol. The van der Waals surface area contributed by atoms with E-state index in [4.69, 9.17) is 5.73 Å². The fourth-order valence-corrected chi connectivity index (χ4v) is 2.04. The zero-order valence-corrected chi connectivity index (χ0v) is 11.3. The number of anilines is 2. The highest BCUT2D eigenvalue weighted by atomic mass is 14.9. The lowest BCUT2D eigenvalue weighted by Crippen LogP contribution is -2.24. The Labute approximate surface area is 108 Å². The van der Waals surface area contributed by atoms with Crippen molar-refractivity contribution >= 4 is 22.3 Å². The Morgan fingerprint density at radius 3 is 2.72 bits per heavy atom. The molecular weight excluding hydrogens is 222 g/mol. The summed E-state index contributed by atoms with van der Waals surface area (Å²) in [5.41, 5.74) is 8.75. The van der Waals surface area contributed by atoms with Gasteiger partial charge >= 0.3 is 0 Å². The Hall–Kier alpha value is -1.77. The quantitative estimate of drug-likeness (QED) is 0.861. The molecule has 0 fully saturated rings. The molecule has 0 radical (unpaired) electrons. The van der Waals surface area contributed by atoms with Gasteiger partial charge in [-0.05, 0) is 18.9 Å². The van der Waals surface area contributed by atoms with Crippen LogP contribution in [0.25, 0.3) is 10.9 Å². The molecule has 0 spiro atoms. The van der Waals surface area contributed by atoms with Gasteiger partial charge in [0.05, 0.1) is 23.1 Å². The average molecular weight is 243 g/mol. The Balaban J connectivity index is 2.40. The number of fused-ring (bicyclic) bond motifs is 1. The lowest BCUT2D eigenvalue weighted by molar-refractivity contribution is 0.495.